The van der Waals surface area contributed by atoms with E-state index in [1.165, 1.54) is 12.8 Å². The predicted molar refractivity (Wildman–Crippen MR) is 82.6 cm³/mol. The second-order valence-corrected chi connectivity index (χ2v) is 5.74. The lowest BCUT2D eigenvalue weighted by Crippen LogP contribution is -2.34. The number of ether oxygens (including phenoxy) is 1. The van der Waals surface area contributed by atoms with Gasteiger partial charge in [0.05, 0.1) is 0 Å². The molecule has 0 bridgehead atoms. The molecular formula is C15H22N2OS. The van der Waals surface area contributed by atoms with Crippen LogP contribution in [-0.2, 0) is 0 Å². The van der Waals surface area contributed by atoms with Gasteiger partial charge in [-0.2, -0.15) is 0 Å². The molecule has 0 radical (unpaired) electrons. The van der Waals surface area contributed by atoms with E-state index < -0.39 is 0 Å². The van der Waals surface area contributed by atoms with Crippen LogP contribution in [0, 0.1) is 5.92 Å². The number of thiocarbonyl (C=S) groups is 1. The largest absolute Gasteiger partial charge is 0.492 e. The first-order chi connectivity index (χ1) is 9.08. The van der Waals surface area contributed by atoms with Crippen molar-refractivity contribution in [1.82, 2.24) is 4.90 Å². The summed E-state index contributed by atoms with van der Waals surface area (Å²) in [6, 6.07) is 8.29. The van der Waals surface area contributed by atoms with Crippen molar-refractivity contribution in [2.45, 2.75) is 25.8 Å². The van der Waals surface area contributed by atoms with Gasteiger partial charge in [-0.3, -0.25) is 0 Å². The molecule has 2 N–H and O–H groups in total. The first kappa shape index (κ1) is 14.3. The highest BCUT2D eigenvalue weighted by Gasteiger charge is 2.30. The van der Waals surface area contributed by atoms with Crippen LogP contribution in [0.15, 0.2) is 24.3 Å². The summed E-state index contributed by atoms with van der Waals surface area (Å²) < 4.78 is 5.74. The van der Waals surface area contributed by atoms with Crippen molar-refractivity contribution in [3.8, 4) is 5.75 Å². The summed E-state index contributed by atoms with van der Waals surface area (Å²) in [7, 11) is 2.17. The summed E-state index contributed by atoms with van der Waals surface area (Å²) in [5, 5.41) is 0. The normalized spacial score (nSPS) is 16.4. The second kappa shape index (κ2) is 6.35. The molecule has 1 atom stereocenters. The molecule has 1 unspecified atom stereocenters. The Labute approximate surface area is 120 Å². The van der Waals surface area contributed by atoms with Gasteiger partial charge < -0.3 is 15.4 Å². The summed E-state index contributed by atoms with van der Waals surface area (Å²) in [6.07, 6.45) is 2.76. The van der Waals surface area contributed by atoms with E-state index in [1.807, 2.05) is 24.3 Å². The molecule has 104 valence electrons. The molecule has 1 aromatic rings. The summed E-state index contributed by atoms with van der Waals surface area (Å²) in [4.78, 5) is 2.80. The number of rotatable bonds is 7. The van der Waals surface area contributed by atoms with Crippen molar-refractivity contribution >= 4 is 17.2 Å². The van der Waals surface area contributed by atoms with Crippen LogP contribution in [0.5, 0.6) is 5.75 Å². The SMILES string of the molecule is CC(C1CC1)N(C)CCOc1ccc(C(N)=S)cc1. The van der Waals surface area contributed by atoms with Crippen molar-refractivity contribution in [2.75, 3.05) is 20.2 Å². The zero-order valence-corrected chi connectivity index (χ0v) is 12.5. The van der Waals surface area contributed by atoms with Gasteiger partial charge in [-0.15, -0.1) is 0 Å². The summed E-state index contributed by atoms with van der Waals surface area (Å²) in [6.45, 7) is 3.96. The molecule has 0 heterocycles. The van der Waals surface area contributed by atoms with Crippen LogP contribution in [0.2, 0.25) is 0 Å². The van der Waals surface area contributed by atoms with E-state index in [1.54, 1.807) is 0 Å². The van der Waals surface area contributed by atoms with Gasteiger partial charge in [-0.1, -0.05) is 12.2 Å². The minimum Gasteiger partial charge on any atom is -0.492 e. The van der Waals surface area contributed by atoms with Crippen LogP contribution in [0.25, 0.3) is 0 Å². The van der Waals surface area contributed by atoms with Crippen molar-refractivity contribution in [2.24, 2.45) is 11.7 Å². The van der Waals surface area contributed by atoms with E-state index in [9.17, 15) is 0 Å². The highest BCUT2D eigenvalue weighted by atomic mass is 32.1. The molecule has 2 rings (SSSR count). The van der Waals surface area contributed by atoms with Crippen LogP contribution >= 0.6 is 12.2 Å². The molecular weight excluding hydrogens is 256 g/mol. The zero-order chi connectivity index (χ0) is 13.8. The van der Waals surface area contributed by atoms with E-state index >= 15 is 0 Å². The number of likely N-dealkylation sites (N-methyl/N-ethyl adjacent to an activating group) is 1. The Hall–Kier alpha value is -1.13. The molecule has 0 aromatic heterocycles. The fraction of sp³-hybridized carbons (Fsp3) is 0.533. The maximum atomic E-state index is 5.74. The Morgan fingerprint density at radius 3 is 2.58 bits per heavy atom. The Morgan fingerprint density at radius 1 is 1.42 bits per heavy atom. The lowest BCUT2D eigenvalue weighted by atomic mass is 10.2. The summed E-state index contributed by atoms with van der Waals surface area (Å²) in [5.41, 5.74) is 6.43. The quantitative estimate of drug-likeness (QED) is 0.778. The van der Waals surface area contributed by atoms with Crippen molar-refractivity contribution in [3.05, 3.63) is 29.8 Å². The number of nitrogens with two attached hydrogens (primary N) is 1. The third-order valence-corrected chi connectivity index (χ3v) is 4.09. The fourth-order valence-electron chi connectivity index (χ4n) is 2.17. The maximum Gasteiger partial charge on any atom is 0.119 e. The fourth-order valence-corrected chi connectivity index (χ4v) is 2.30. The first-order valence-corrected chi connectivity index (χ1v) is 7.21. The molecule has 3 nitrogen and oxygen atoms in total. The van der Waals surface area contributed by atoms with Crippen molar-refractivity contribution in [1.29, 1.82) is 0 Å². The molecule has 0 spiro atoms. The van der Waals surface area contributed by atoms with E-state index in [4.69, 9.17) is 22.7 Å². The van der Waals surface area contributed by atoms with E-state index in [0.29, 0.717) is 17.6 Å². The molecule has 19 heavy (non-hydrogen) atoms. The van der Waals surface area contributed by atoms with E-state index in [2.05, 4.69) is 18.9 Å². The van der Waals surface area contributed by atoms with Gasteiger partial charge in [-0.05, 0) is 57.0 Å². The number of nitrogens with zero attached hydrogens (tertiary/aromatic N) is 1. The van der Waals surface area contributed by atoms with E-state index in [-0.39, 0.29) is 0 Å². The molecule has 1 aliphatic carbocycles. The highest BCUT2D eigenvalue weighted by molar-refractivity contribution is 7.80. The Bertz CT molecular complexity index is 428. The molecule has 0 aliphatic heterocycles. The van der Waals surface area contributed by atoms with Crippen LogP contribution in [0.4, 0.5) is 0 Å². The second-order valence-electron chi connectivity index (χ2n) is 5.30. The third kappa shape index (κ3) is 4.18. The van der Waals surface area contributed by atoms with Crippen LogP contribution in [0.1, 0.15) is 25.3 Å². The van der Waals surface area contributed by atoms with E-state index in [0.717, 1.165) is 23.8 Å². The maximum absolute atomic E-state index is 5.74. The zero-order valence-electron chi connectivity index (χ0n) is 11.6. The van der Waals surface area contributed by atoms with Crippen LogP contribution in [-0.4, -0.2) is 36.1 Å². The van der Waals surface area contributed by atoms with Crippen molar-refractivity contribution < 1.29 is 4.74 Å². The molecule has 1 fully saturated rings. The van der Waals surface area contributed by atoms with Gasteiger partial charge >= 0.3 is 0 Å². The molecule has 4 heteroatoms. The average Bonchev–Trinajstić information content (AvgIpc) is 3.22. The summed E-state index contributed by atoms with van der Waals surface area (Å²) in [5.74, 6) is 1.77. The van der Waals surface area contributed by atoms with Gasteiger partial charge in [0, 0.05) is 18.2 Å². The standard InChI is InChI=1S/C15H22N2OS/c1-11(12-3-4-12)17(2)9-10-18-14-7-5-13(6-8-14)15(16)19/h5-8,11-12H,3-4,9-10H2,1-2H3,(H2,16,19). The number of hydrogen-bond acceptors (Lipinski definition) is 3. The first-order valence-electron chi connectivity index (χ1n) is 6.81. The van der Waals surface area contributed by atoms with Gasteiger partial charge in [-0.25, -0.2) is 0 Å². The molecule has 0 saturated heterocycles. The van der Waals surface area contributed by atoms with Gasteiger partial charge in [0.15, 0.2) is 0 Å². The van der Waals surface area contributed by atoms with Gasteiger partial charge in [0.2, 0.25) is 0 Å². The van der Waals surface area contributed by atoms with Gasteiger partial charge in [0.1, 0.15) is 17.3 Å². The lowest BCUT2D eigenvalue weighted by Gasteiger charge is -2.24. The monoisotopic (exact) mass is 278 g/mol. The number of hydrogen-bond donors (Lipinski definition) is 1. The van der Waals surface area contributed by atoms with Gasteiger partial charge in [0.25, 0.3) is 0 Å². The summed E-state index contributed by atoms with van der Waals surface area (Å²) >= 11 is 4.92. The highest BCUT2D eigenvalue weighted by Crippen LogP contribution is 2.34. The third-order valence-electron chi connectivity index (χ3n) is 3.85. The van der Waals surface area contributed by atoms with Crippen LogP contribution < -0.4 is 10.5 Å². The molecule has 1 aromatic carbocycles. The molecule has 0 amide bonds. The average molecular weight is 278 g/mol. The minimum atomic E-state index is 0.421. The Balaban J connectivity index is 1.74. The number of benzene rings is 1. The topological polar surface area (TPSA) is 38.5 Å². The predicted octanol–water partition coefficient (Wildman–Crippen LogP) is 2.43. The van der Waals surface area contributed by atoms with Crippen molar-refractivity contribution in [3.63, 3.8) is 0 Å². The van der Waals surface area contributed by atoms with Crippen LogP contribution in [0.3, 0.4) is 0 Å². The molecule has 1 saturated carbocycles. The minimum absolute atomic E-state index is 0.421. The smallest absolute Gasteiger partial charge is 0.119 e. The Kier molecular flexibility index (Phi) is 4.77. The Morgan fingerprint density at radius 2 is 2.05 bits per heavy atom. The lowest BCUT2D eigenvalue weighted by molar-refractivity contribution is 0.186. The molecule has 1 aliphatic rings.